The van der Waals surface area contributed by atoms with E-state index in [1.165, 1.54) is 17.6 Å². The number of rotatable bonds is 6. The van der Waals surface area contributed by atoms with Crippen molar-refractivity contribution in [3.05, 3.63) is 24.5 Å². The van der Waals surface area contributed by atoms with E-state index in [-0.39, 0.29) is 29.5 Å². The number of sulfonamides is 1. The van der Waals surface area contributed by atoms with Crippen LogP contribution in [0.2, 0.25) is 0 Å². The minimum Gasteiger partial charge on any atom is -0.381 e. The van der Waals surface area contributed by atoms with Crippen LogP contribution >= 0.6 is 0 Å². The smallest absolute Gasteiger partial charge is 0.249 e. The van der Waals surface area contributed by atoms with Crippen molar-refractivity contribution < 1.29 is 22.7 Å². The summed E-state index contributed by atoms with van der Waals surface area (Å²) in [6, 6.07) is 3.34. The highest BCUT2D eigenvalue weighted by atomic mass is 32.2. The molecule has 0 atom stereocenters. The Labute approximate surface area is 160 Å². The van der Waals surface area contributed by atoms with Gasteiger partial charge in [0.15, 0.2) is 0 Å². The van der Waals surface area contributed by atoms with E-state index < -0.39 is 10.0 Å². The van der Waals surface area contributed by atoms with Crippen LogP contribution in [0.1, 0.15) is 25.7 Å². The molecule has 0 aliphatic carbocycles. The highest BCUT2D eigenvalue weighted by Crippen LogP contribution is 2.27. The number of hydrogen-bond donors (Lipinski definition) is 0. The fraction of sp³-hybridized carbons (Fsp3) is 0.667. The Kier molecular flexibility index (Phi) is 6.80. The van der Waals surface area contributed by atoms with Crippen LogP contribution in [-0.2, 0) is 24.3 Å². The van der Waals surface area contributed by atoms with Crippen LogP contribution in [0.3, 0.4) is 0 Å². The van der Waals surface area contributed by atoms with Gasteiger partial charge in [-0.25, -0.2) is 8.42 Å². The first-order valence-electron chi connectivity index (χ1n) is 9.32. The summed E-state index contributed by atoms with van der Waals surface area (Å²) in [5, 5.41) is 0. The van der Waals surface area contributed by atoms with E-state index in [9.17, 15) is 13.2 Å². The number of pyridine rings is 1. The second kappa shape index (κ2) is 9.09. The fourth-order valence-corrected chi connectivity index (χ4v) is 5.31. The predicted molar refractivity (Wildman–Crippen MR) is 98.6 cm³/mol. The number of amides is 1. The van der Waals surface area contributed by atoms with Crippen LogP contribution in [0, 0.1) is 0 Å². The first kappa shape index (κ1) is 20.2. The number of nitrogens with zero attached hydrogens (tertiary/aromatic N) is 3. The second-order valence-electron chi connectivity index (χ2n) is 6.90. The first-order valence-corrected chi connectivity index (χ1v) is 10.8. The Morgan fingerprint density at radius 1 is 1.26 bits per heavy atom. The minimum atomic E-state index is -3.54. The molecule has 2 saturated heterocycles. The standard InChI is InChI=1S/C18H27N3O5S/c1-25-14-18(22)21(16-6-11-26-12-7-16)15-4-9-20(10-5-15)27(23,24)17-3-2-8-19-13-17/h2-3,8,13,15-16H,4-7,9-12,14H2,1H3. The summed E-state index contributed by atoms with van der Waals surface area (Å²) in [7, 11) is -2.03. The van der Waals surface area contributed by atoms with Gasteiger partial charge in [0.1, 0.15) is 11.5 Å². The van der Waals surface area contributed by atoms with E-state index in [0.717, 1.165) is 12.8 Å². The molecule has 3 heterocycles. The number of aromatic nitrogens is 1. The Hall–Kier alpha value is -1.55. The summed E-state index contributed by atoms with van der Waals surface area (Å²) in [6.07, 6.45) is 5.78. The predicted octanol–water partition coefficient (Wildman–Crippen LogP) is 0.889. The molecule has 2 aliphatic heterocycles. The van der Waals surface area contributed by atoms with Gasteiger partial charge in [-0.15, -0.1) is 0 Å². The number of carbonyl (C=O) groups is 1. The maximum absolute atomic E-state index is 12.8. The molecule has 2 aliphatic rings. The molecule has 8 nitrogen and oxygen atoms in total. The van der Waals surface area contributed by atoms with Crippen LogP contribution < -0.4 is 0 Å². The molecule has 0 saturated carbocycles. The van der Waals surface area contributed by atoms with Gasteiger partial charge >= 0.3 is 0 Å². The van der Waals surface area contributed by atoms with Crippen LogP contribution in [0.15, 0.2) is 29.4 Å². The number of hydrogen-bond acceptors (Lipinski definition) is 6. The van der Waals surface area contributed by atoms with Crippen LogP contribution in [-0.4, -0.2) is 80.6 Å². The molecule has 2 fully saturated rings. The summed E-state index contributed by atoms with van der Waals surface area (Å²) < 4.78 is 37.5. The molecule has 0 N–H and O–H groups in total. The lowest BCUT2D eigenvalue weighted by Crippen LogP contribution is -2.54. The van der Waals surface area contributed by atoms with Gasteiger partial charge in [-0.2, -0.15) is 4.31 Å². The molecule has 1 aromatic heterocycles. The third-order valence-corrected chi connectivity index (χ3v) is 7.11. The van der Waals surface area contributed by atoms with E-state index in [0.29, 0.717) is 39.1 Å². The summed E-state index contributed by atoms with van der Waals surface area (Å²) >= 11 is 0. The lowest BCUT2D eigenvalue weighted by molar-refractivity contribution is -0.143. The molecule has 0 bridgehead atoms. The number of methoxy groups -OCH3 is 1. The molecule has 0 spiro atoms. The van der Waals surface area contributed by atoms with E-state index in [2.05, 4.69) is 4.98 Å². The third kappa shape index (κ3) is 4.66. The zero-order valence-electron chi connectivity index (χ0n) is 15.6. The van der Waals surface area contributed by atoms with Gasteiger partial charge in [0.2, 0.25) is 15.9 Å². The number of piperidine rings is 1. The van der Waals surface area contributed by atoms with E-state index >= 15 is 0 Å². The molecular formula is C18H27N3O5S. The normalized spacial score (nSPS) is 20.5. The Bertz CT molecular complexity index is 714. The second-order valence-corrected chi connectivity index (χ2v) is 8.84. The summed E-state index contributed by atoms with van der Waals surface area (Å²) in [4.78, 5) is 18.7. The molecule has 0 aromatic carbocycles. The van der Waals surface area contributed by atoms with Crippen molar-refractivity contribution in [2.24, 2.45) is 0 Å². The summed E-state index contributed by atoms with van der Waals surface area (Å²) in [5.41, 5.74) is 0. The van der Waals surface area contributed by atoms with E-state index in [1.54, 1.807) is 18.3 Å². The van der Waals surface area contributed by atoms with Gasteiger partial charge in [0.25, 0.3) is 0 Å². The van der Waals surface area contributed by atoms with Crippen molar-refractivity contribution in [2.45, 2.75) is 42.7 Å². The zero-order chi connectivity index (χ0) is 19.3. The zero-order valence-corrected chi connectivity index (χ0v) is 16.4. The average molecular weight is 397 g/mol. The average Bonchev–Trinajstić information content (AvgIpc) is 2.70. The van der Waals surface area contributed by atoms with Gasteiger partial charge in [-0.05, 0) is 37.8 Å². The maximum atomic E-state index is 12.8. The number of carbonyl (C=O) groups excluding carboxylic acids is 1. The monoisotopic (exact) mass is 397 g/mol. The Balaban J connectivity index is 1.69. The topological polar surface area (TPSA) is 89.0 Å². The summed E-state index contributed by atoms with van der Waals surface area (Å²) in [5.74, 6) is -0.0297. The summed E-state index contributed by atoms with van der Waals surface area (Å²) in [6.45, 7) is 2.13. The lowest BCUT2D eigenvalue weighted by Gasteiger charge is -2.43. The van der Waals surface area contributed by atoms with E-state index in [4.69, 9.17) is 9.47 Å². The van der Waals surface area contributed by atoms with Gasteiger partial charge in [0.05, 0.1) is 0 Å². The fourth-order valence-electron chi connectivity index (χ4n) is 3.88. The molecule has 0 unspecified atom stereocenters. The Morgan fingerprint density at radius 3 is 2.52 bits per heavy atom. The van der Waals surface area contributed by atoms with Crippen LogP contribution in [0.4, 0.5) is 0 Å². The first-order chi connectivity index (χ1) is 13.0. The van der Waals surface area contributed by atoms with Crippen molar-refractivity contribution in [1.82, 2.24) is 14.2 Å². The third-order valence-electron chi connectivity index (χ3n) is 5.23. The van der Waals surface area contributed by atoms with Crippen molar-refractivity contribution in [3.63, 3.8) is 0 Å². The minimum absolute atomic E-state index is 0.0242. The molecule has 0 radical (unpaired) electrons. The van der Waals surface area contributed by atoms with E-state index in [1.807, 2.05) is 4.90 Å². The van der Waals surface area contributed by atoms with Gasteiger partial charge < -0.3 is 14.4 Å². The van der Waals surface area contributed by atoms with Crippen molar-refractivity contribution >= 4 is 15.9 Å². The molecule has 1 amide bonds. The number of ether oxygens (including phenoxy) is 2. The van der Waals surface area contributed by atoms with Gasteiger partial charge in [-0.3, -0.25) is 9.78 Å². The highest BCUT2D eigenvalue weighted by Gasteiger charge is 2.36. The maximum Gasteiger partial charge on any atom is 0.249 e. The van der Waals surface area contributed by atoms with Crippen molar-refractivity contribution in [2.75, 3.05) is 40.0 Å². The van der Waals surface area contributed by atoms with Crippen molar-refractivity contribution in [3.8, 4) is 0 Å². The molecule has 1 aromatic rings. The largest absolute Gasteiger partial charge is 0.381 e. The van der Waals surface area contributed by atoms with Crippen LogP contribution in [0.25, 0.3) is 0 Å². The lowest BCUT2D eigenvalue weighted by atomic mass is 9.98. The molecule has 3 rings (SSSR count). The van der Waals surface area contributed by atoms with Crippen LogP contribution in [0.5, 0.6) is 0 Å². The molecule has 9 heteroatoms. The highest BCUT2D eigenvalue weighted by molar-refractivity contribution is 7.89. The molecule has 27 heavy (non-hydrogen) atoms. The molecular weight excluding hydrogens is 370 g/mol. The van der Waals surface area contributed by atoms with Crippen molar-refractivity contribution in [1.29, 1.82) is 0 Å². The quantitative estimate of drug-likeness (QED) is 0.708. The van der Waals surface area contributed by atoms with Gasteiger partial charge in [-0.1, -0.05) is 0 Å². The SMILES string of the molecule is COCC(=O)N(C1CCOCC1)C1CCN(S(=O)(=O)c2cccnc2)CC1. The molecule has 150 valence electrons. The van der Waals surface area contributed by atoms with Gasteiger partial charge in [0, 0.05) is 57.9 Å². The Morgan fingerprint density at radius 2 is 1.93 bits per heavy atom.